The van der Waals surface area contributed by atoms with Gasteiger partial charge in [-0.05, 0) is 0 Å². The Bertz CT molecular complexity index is 680. The van der Waals surface area contributed by atoms with Crippen molar-refractivity contribution in [1.82, 2.24) is 25.1 Å². The van der Waals surface area contributed by atoms with Gasteiger partial charge in [0.25, 0.3) is 5.56 Å². The number of H-pyrrole nitrogens is 2. The van der Waals surface area contributed by atoms with Crippen LogP contribution >= 0.6 is 0 Å². The Morgan fingerprint density at radius 2 is 2.20 bits per heavy atom. The molecule has 3 heterocycles. The molecule has 0 aliphatic carbocycles. The quantitative estimate of drug-likeness (QED) is 0.438. The lowest BCUT2D eigenvalue weighted by Gasteiger charge is -2.13. The first kappa shape index (κ1) is 13.0. The van der Waals surface area contributed by atoms with Gasteiger partial charge < -0.3 is 15.9 Å². The highest BCUT2D eigenvalue weighted by atomic mass is 16.3. The van der Waals surface area contributed by atoms with E-state index in [2.05, 4.69) is 20.2 Å². The van der Waals surface area contributed by atoms with Crippen molar-refractivity contribution in [2.24, 2.45) is 5.92 Å². The normalized spacial score (nSPS) is 23.7. The predicted octanol–water partition coefficient (Wildman–Crippen LogP) is -1.99. The molecule has 0 saturated carbocycles. The predicted molar refractivity (Wildman–Crippen MR) is 70.8 cm³/mol. The molecule has 0 aromatic carbocycles. The summed E-state index contributed by atoms with van der Waals surface area (Å²) in [5, 5.41) is 25.6. The van der Waals surface area contributed by atoms with Crippen LogP contribution in [0, 0.1) is 5.92 Å². The number of aliphatic hydroxyl groups is 2. The zero-order chi connectivity index (χ0) is 14.3. The van der Waals surface area contributed by atoms with Gasteiger partial charge in [0.2, 0.25) is 5.95 Å². The molecule has 1 aliphatic rings. The third kappa shape index (κ3) is 2.15. The van der Waals surface area contributed by atoms with Crippen LogP contribution in [0.25, 0.3) is 11.0 Å². The molecule has 0 spiro atoms. The molecular formula is C11H16N6O3. The van der Waals surface area contributed by atoms with Crippen LogP contribution in [0.2, 0.25) is 0 Å². The van der Waals surface area contributed by atoms with Gasteiger partial charge in [0.05, 0.1) is 11.8 Å². The van der Waals surface area contributed by atoms with Gasteiger partial charge in [0.1, 0.15) is 5.52 Å². The molecule has 0 bridgehead atoms. The number of nitrogens with two attached hydrogens (primary N) is 1. The van der Waals surface area contributed by atoms with Crippen molar-refractivity contribution in [3.05, 3.63) is 16.0 Å². The van der Waals surface area contributed by atoms with E-state index in [1.54, 1.807) is 0 Å². The number of aliphatic hydroxyl groups excluding tert-OH is 2. The second kappa shape index (κ2) is 4.85. The largest absolute Gasteiger partial charge is 0.396 e. The highest BCUT2D eigenvalue weighted by molar-refractivity contribution is 5.76. The molecule has 108 valence electrons. The van der Waals surface area contributed by atoms with E-state index in [-0.39, 0.29) is 29.5 Å². The summed E-state index contributed by atoms with van der Waals surface area (Å²) < 4.78 is 0. The Kier molecular flexibility index (Phi) is 3.16. The minimum atomic E-state index is -0.546. The monoisotopic (exact) mass is 280 g/mol. The van der Waals surface area contributed by atoms with Crippen LogP contribution in [0.1, 0.15) is 5.69 Å². The summed E-state index contributed by atoms with van der Waals surface area (Å²) in [6.07, 6.45) is -0.546. The average Bonchev–Trinajstić information content (AvgIpc) is 2.94. The van der Waals surface area contributed by atoms with E-state index in [0.29, 0.717) is 30.8 Å². The van der Waals surface area contributed by atoms with E-state index in [1.165, 1.54) is 0 Å². The molecule has 0 radical (unpaired) electrons. The van der Waals surface area contributed by atoms with Crippen LogP contribution in [0.5, 0.6) is 0 Å². The molecule has 0 unspecified atom stereocenters. The fraction of sp³-hybridized carbons (Fsp3) is 0.545. The molecule has 2 atom stereocenters. The van der Waals surface area contributed by atoms with Crippen molar-refractivity contribution in [2.45, 2.75) is 12.6 Å². The second-order valence-electron chi connectivity index (χ2n) is 5.05. The number of rotatable bonds is 3. The number of hydrogen-bond acceptors (Lipinski definition) is 7. The molecule has 2 aromatic rings. The van der Waals surface area contributed by atoms with Gasteiger partial charge in [-0.1, -0.05) is 0 Å². The zero-order valence-corrected chi connectivity index (χ0v) is 10.7. The van der Waals surface area contributed by atoms with Gasteiger partial charge in [-0.3, -0.25) is 19.8 Å². The number of fused-ring (bicyclic) bond motifs is 1. The fourth-order valence-electron chi connectivity index (χ4n) is 2.56. The molecule has 0 amide bonds. The molecule has 2 aromatic heterocycles. The number of nitrogens with one attached hydrogen (secondary N) is 2. The summed E-state index contributed by atoms with van der Waals surface area (Å²) in [6.45, 7) is 1.45. The van der Waals surface area contributed by atoms with Gasteiger partial charge >= 0.3 is 0 Å². The molecule has 6 N–H and O–H groups in total. The summed E-state index contributed by atoms with van der Waals surface area (Å²) in [6, 6.07) is 0. The number of hydrogen-bond donors (Lipinski definition) is 5. The second-order valence-corrected chi connectivity index (χ2v) is 5.05. The summed E-state index contributed by atoms with van der Waals surface area (Å²) in [5.41, 5.74) is 6.47. The molecule has 3 rings (SSSR count). The van der Waals surface area contributed by atoms with Crippen LogP contribution in [0.3, 0.4) is 0 Å². The van der Waals surface area contributed by atoms with Crippen LogP contribution in [0.4, 0.5) is 5.95 Å². The van der Waals surface area contributed by atoms with Crippen molar-refractivity contribution < 1.29 is 10.2 Å². The number of anilines is 1. The minimum absolute atomic E-state index is 0.0415. The number of likely N-dealkylation sites (tertiary alicyclic amines) is 1. The highest BCUT2D eigenvalue weighted by Crippen LogP contribution is 2.20. The Balaban J connectivity index is 1.87. The van der Waals surface area contributed by atoms with Crippen molar-refractivity contribution in [1.29, 1.82) is 0 Å². The third-order valence-corrected chi connectivity index (χ3v) is 3.60. The van der Waals surface area contributed by atoms with Gasteiger partial charge in [-0.25, -0.2) is 4.98 Å². The lowest BCUT2D eigenvalue weighted by Crippen LogP contribution is -2.22. The lowest BCUT2D eigenvalue weighted by molar-refractivity contribution is 0.103. The summed E-state index contributed by atoms with van der Waals surface area (Å²) in [5.74, 6) is -0.106. The Hall–Kier alpha value is -1.97. The van der Waals surface area contributed by atoms with Crippen molar-refractivity contribution in [2.75, 3.05) is 25.4 Å². The van der Waals surface area contributed by atoms with Gasteiger partial charge in [-0.15, -0.1) is 0 Å². The number of aromatic amines is 2. The number of β-amino-alcohol motifs (C(OH)–C–C–N with tert-alkyl or cyclic N) is 1. The van der Waals surface area contributed by atoms with Crippen LogP contribution < -0.4 is 11.3 Å². The average molecular weight is 280 g/mol. The first-order valence-corrected chi connectivity index (χ1v) is 6.32. The maximum absolute atomic E-state index is 11.7. The number of aromatic nitrogens is 4. The van der Waals surface area contributed by atoms with E-state index in [4.69, 9.17) is 10.8 Å². The fourth-order valence-corrected chi connectivity index (χ4v) is 2.56. The number of nitrogens with zero attached hydrogens (tertiary/aromatic N) is 3. The van der Waals surface area contributed by atoms with Gasteiger partial charge in [0, 0.05) is 32.2 Å². The highest BCUT2D eigenvalue weighted by Gasteiger charge is 2.31. The summed E-state index contributed by atoms with van der Waals surface area (Å²) in [4.78, 5) is 20.1. The van der Waals surface area contributed by atoms with Crippen molar-refractivity contribution in [3.8, 4) is 0 Å². The number of nitrogen functional groups attached to an aromatic ring is 1. The Labute approximate surface area is 113 Å². The summed E-state index contributed by atoms with van der Waals surface area (Å²) >= 11 is 0. The lowest BCUT2D eigenvalue weighted by atomic mass is 10.1. The molecule has 9 heteroatoms. The maximum atomic E-state index is 11.7. The first-order valence-electron chi connectivity index (χ1n) is 6.32. The molecule has 1 aliphatic heterocycles. The van der Waals surface area contributed by atoms with E-state index in [0.717, 1.165) is 0 Å². The van der Waals surface area contributed by atoms with Crippen LogP contribution in [0.15, 0.2) is 4.79 Å². The topological polar surface area (TPSA) is 144 Å². The Morgan fingerprint density at radius 1 is 1.40 bits per heavy atom. The van der Waals surface area contributed by atoms with Crippen molar-refractivity contribution >= 4 is 17.0 Å². The molecule has 20 heavy (non-hydrogen) atoms. The van der Waals surface area contributed by atoms with E-state index >= 15 is 0 Å². The smallest absolute Gasteiger partial charge is 0.280 e. The van der Waals surface area contributed by atoms with Gasteiger partial charge in [-0.2, -0.15) is 5.10 Å². The summed E-state index contributed by atoms with van der Waals surface area (Å²) in [7, 11) is 0. The van der Waals surface area contributed by atoms with E-state index in [9.17, 15) is 9.90 Å². The van der Waals surface area contributed by atoms with Crippen LogP contribution in [-0.2, 0) is 6.54 Å². The minimum Gasteiger partial charge on any atom is -0.396 e. The third-order valence-electron chi connectivity index (χ3n) is 3.60. The molecule has 1 saturated heterocycles. The molecular weight excluding hydrogens is 264 g/mol. The zero-order valence-electron chi connectivity index (χ0n) is 10.7. The van der Waals surface area contributed by atoms with E-state index in [1.807, 2.05) is 4.90 Å². The van der Waals surface area contributed by atoms with E-state index < -0.39 is 6.10 Å². The Morgan fingerprint density at radius 3 is 2.90 bits per heavy atom. The standard InChI is InChI=1S/C11H16N6O3/c12-11-13-8-6(15-16-9(8)10(20)14-11)2-17-1-5(4-18)7(19)3-17/h5,7,18-19H,1-4H2,(H,15,16)(H3,12,13,14,20)/t5-,7+/m0/s1. The molecule has 1 fully saturated rings. The van der Waals surface area contributed by atoms with Crippen molar-refractivity contribution in [3.63, 3.8) is 0 Å². The SMILES string of the molecule is Nc1nc2c(CN3C[C@@H](CO)[C@H](O)C3)[nH]nc2c(=O)[nH]1. The molecule has 9 nitrogen and oxygen atoms in total. The maximum Gasteiger partial charge on any atom is 0.280 e. The first-order chi connectivity index (χ1) is 9.58. The van der Waals surface area contributed by atoms with Gasteiger partial charge in [0.15, 0.2) is 5.52 Å². The van der Waals surface area contributed by atoms with Crippen LogP contribution in [-0.4, -0.2) is 61.1 Å².